The van der Waals surface area contributed by atoms with Crippen molar-refractivity contribution in [3.05, 3.63) is 33.9 Å². The van der Waals surface area contributed by atoms with Crippen molar-refractivity contribution in [3.8, 4) is 5.75 Å². The van der Waals surface area contributed by atoms with Crippen LogP contribution >= 0.6 is 0 Å². The summed E-state index contributed by atoms with van der Waals surface area (Å²) in [7, 11) is 1.44. The molecule has 0 bridgehead atoms. The molecular weight excluding hydrogens is 232 g/mol. The molecule has 18 heavy (non-hydrogen) atoms. The molecule has 0 saturated heterocycles. The summed E-state index contributed by atoms with van der Waals surface area (Å²) in [4.78, 5) is 10.5. The maximum atomic E-state index is 10.9. The highest BCUT2D eigenvalue weighted by Gasteiger charge is 2.15. The van der Waals surface area contributed by atoms with Crippen molar-refractivity contribution in [2.75, 3.05) is 13.7 Å². The Bertz CT molecular complexity index is 407. The SMILES string of the molecule is CCNC(C)CCc1ccc(OC)c([N+](=O)[O-])c1. The van der Waals surface area contributed by atoms with Crippen LogP contribution in [0.3, 0.4) is 0 Å². The molecule has 1 aromatic rings. The first-order chi connectivity index (χ1) is 8.58. The fourth-order valence-corrected chi connectivity index (χ4v) is 1.87. The minimum absolute atomic E-state index is 0.0334. The lowest BCUT2D eigenvalue weighted by atomic mass is 10.1. The number of benzene rings is 1. The van der Waals surface area contributed by atoms with Gasteiger partial charge < -0.3 is 10.1 Å². The van der Waals surface area contributed by atoms with Gasteiger partial charge >= 0.3 is 5.69 Å². The summed E-state index contributed by atoms with van der Waals surface area (Å²) in [6.07, 6.45) is 1.77. The highest BCUT2D eigenvalue weighted by atomic mass is 16.6. The Morgan fingerprint density at radius 1 is 1.50 bits per heavy atom. The van der Waals surface area contributed by atoms with Crippen LogP contribution in [0.5, 0.6) is 5.75 Å². The quantitative estimate of drug-likeness (QED) is 0.598. The topological polar surface area (TPSA) is 64.4 Å². The van der Waals surface area contributed by atoms with E-state index in [1.54, 1.807) is 12.1 Å². The molecule has 0 heterocycles. The molecule has 1 aromatic carbocycles. The van der Waals surface area contributed by atoms with Gasteiger partial charge in [0.25, 0.3) is 0 Å². The zero-order valence-corrected chi connectivity index (χ0v) is 11.1. The third kappa shape index (κ3) is 4.00. The third-order valence-corrected chi connectivity index (χ3v) is 2.86. The molecule has 0 spiro atoms. The smallest absolute Gasteiger partial charge is 0.311 e. The Balaban J connectivity index is 2.73. The molecule has 0 aliphatic heterocycles. The number of nitro groups is 1. The van der Waals surface area contributed by atoms with Gasteiger partial charge in [0.2, 0.25) is 0 Å². The van der Waals surface area contributed by atoms with E-state index in [-0.39, 0.29) is 5.69 Å². The summed E-state index contributed by atoms with van der Waals surface area (Å²) < 4.78 is 4.97. The van der Waals surface area contributed by atoms with Gasteiger partial charge in [-0.15, -0.1) is 0 Å². The molecule has 100 valence electrons. The number of nitro benzene ring substituents is 1. The number of hydrogen-bond acceptors (Lipinski definition) is 4. The van der Waals surface area contributed by atoms with Crippen molar-refractivity contribution >= 4 is 5.69 Å². The van der Waals surface area contributed by atoms with Gasteiger partial charge in [0.05, 0.1) is 12.0 Å². The summed E-state index contributed by atoms with van der Waals surface area (Å²) >= 11 is 0. The van der Waals surface area contributed by atoms with E-state index in [4.69, 9.17) is 4.74 Å². The van der Waals surface area contributed by atoms with Crippen molar-refractivity contribution in [3.63, 3.8) is 0 Å². The molecule has 1 atom stereocenters. The number of hydrogen-bond donors (Lipinski definition) is 1. The van der Waals surface area contributed by atoms with Crippen molar-refractivity contribution in [1.82, 2.24) is 5.32 Å². The maximum absolute atomic E-state index is 10.9. The standard InChI is InChI=1S/C13H20N2O3/c1-4-14-10(2)5-6-11-7-8-13(18-3)12(9-11)15(16)17/h7-10,14H,4-6H2,1-3H3. The van der Waals surface area contributed by atoms with Crippen LogP contribution in [0, 0.1) is 10.1 Å². The van der Waals surface area contributed by atoms with Gasteiger partial charge in [0.15, 0.2) is 5.75 Å². The number of ether oxygens (including phenoxy) is 1. The lowest BCUT2D eigenvalue weighted by Gasteiger charge is -2.12. The van der Waals surface area contributed by atoms with E-state index >= 15 is 0 Å². The van der Waals surface area contributed by atoms with Gasteiger partial charge in [0.1, 0.15) is 0 Å². The first kappa shape index (κ1) is 14.4. The number of methoxy groups -OCH3 is 1. The first-order valence-corrected chi connectivity index (χ1v) is 6.13. The molecule has 1 rings (SSSR count). The highest BCUT2D eigenvalue weighted by molar-refractivity contribution is 5.48. The van der Waals surface area contributed by atoms with E-state index in [9.17, 15) is 10.1 Å². The van der Waals surface area contributed by atoms with E-state index < -0.39 is 4.92 Å². The van der Waals surface area contributed by atoms with E-state index in [1.807, 2.05) is 6.07 Å². The predicted octanol–water partition coefficient (Wildman–Crippen LogP) is 2.53. The molecule has 5 heteroatoms. The van der Waals surface area contributed by atoms with Crippen LogP contribution in [0.1, 0.15) is 25.8 Å². The van der Waals surface area contributed by atoms with Crippen LogP contribution < -0.4 is 10.1 Å². The summed E-state index contributed by atoms with van der Waals surface area (Å²) in [5.41, 5.74) is 0.998. The molecule has 5 nitrogen and oxygen atoms in total. The van der Waals surface area contributed by atoms with Crippen LogP contribution in [0.25, 0.3) is 0 Å². The van der Waals surface area contributed by atoms with E-state index in [1.165, 1.54) is 7.11 Å². The van der Waals surface area contributed by atoms with Crippen molar-refractivity contribution in [1.29, 1.82) is 0 Å². The zero-order chi connectivity index (χ0) is 13.5. The highest BCUT2D eigenvalue weighted by Crippen LogP contribution is 2.27. The van der Waals surface area contributed by atoms with Gasteiger partial charge in [-0.3, -0.25) is 10.1 Å². The molecule has 0 aliphatic rings. The van der Waals surface area contributed by atoms with E-state index in [2.05, 4.69) is 19.2 Å². The molecule has 0 aromatic heterocycles. The minimum atomic E-state index is -0.407. The number of nitrogens with one attached hydrogen (secondary N) is 1. The third-order valence-electron chi connectivity index (χ3n) is 2.86. The van der Waals surface area contributed by atoms with Gasteiger partial charge in [-0.2, -0.15) is 0 Å². The molecule has 0 radical (unpaired) electrons. The monoisotopic (exact) mass is 252 g/mol. The average molecular weight is 252 g/mol. The van der Waals surface area contributed by atoms with Crippen LogP contribution in [0.15, 0.2) is 18.2 Å². The second-order valence-corrected chi connectivity index (χ2v) is 4.26. The van der Waals surface area contributed by atoms with Gasteiger partial charge in [-0.1, -0.05) is 13.0 Å². The number of rotatable bonds is 7. The molecule has 1 N–H and O–H groups in total. The fourth-order valence-electron chi connectivity index (χ4n) is 1.87. The Kier molecular flexibility index (Phi) is 5.58. The summed E-state index contributed by atoms with van der Waals surface area (Å²) in [6, 6.07) is 5.55. The maximum Gasteiger partial charge on any atom is 0.311 e. The molecular formula is C13H20N2O3. The lowest BCUT2D eigenvalue weighted by Crippen LogP contribution is -2.25. The van der Waals surface area contributed by atoms with E-state index in [0.29, 0.717) is 11.8 Å². The van der Waals surface area contributed by atoms with Crippen molar-refractivity contribution in [2.24, 2.45) is 0 Å². The van der Waals surface area contributed by atoms with Gasteiger partial charge in [0, 0.05) is 12.1 Å². The molecule has 1 unspecified atom stereocenters. The molecule has 0 amide bonds. The second-order valence-electron chi connectivity index (χ2n) is 4.26. The van der Waals surface area contributed by atoms with Gasteiger partial charge in [-0.25, -0.2) is 0 Å². The Hall–Kier alpha value is -1.62. The van der Waals surface area contributed by atoms with Crippen molar-refractivity contribution in [2.45, 2.75) is 32.7 Å². The summed E-state index contributed by atoms with van der Waals surface area (Å²) in [6.45, 7) is 5.11. The number of nitrogens with zero attached hydrogens (tertiary/aromatic N) is 1. The van der Waals surface area contributed by atoms with Crippen LogP contribution in [0.4, 0.5) is 5.69 Å². The normalized spacial score (nSPS) is 12.2. The first-order valence-electron chi connectivity index (χ1n) is 6.13. The predicted molar refractivity (Wildman–Crippen MR) is 71.1 cm³/mol. The average Bonchev–Trinajstić information content (AvgIpc) is 2.36. The van der Waals surface area contributed by atoms with Crippen LogP contribution in [-0.2, 0) is 6.42 Å². The summed E-state index contributed by atoms with van der Waals surface area (Å²) in [5.74, 6) is 0.309. The largest absolute Gasteiger partial charge is 0.490 e. The van der Waals surface area contributed by atoms with Crippen LogP contribution in [0.2, 0.25) is 0 Å². The number of aryl methyl sites for hydroxylation is 1. The molecule has 0 fully saturated rings. The van der Waals surface area contributed by atoms with Gasteiger partial charge in [-0.05, 0) is 37.9 Å². The zero-order valence-electron chi connectivity index (χ0n) is 11.1. The fraction of sp³-hybridized carbons (Fsp3) is 0.538. The molecule has 0 aliphatic carbocycles. The Morgan fingerprint density at radius 3 is 2.78 bits per heavy atom. The van der Waals surface area contributed by atoms with Crippen molar-refractivity contribution < 1.29 is 9.66 Å². The Labute approximate surface area is 107 Å². The second kappa shape index (κ2) is 6.96. The Morgan fingerprint density at radius 2 is 2.22 bits per heavy atom. The molecule has 0 saturated carbocycles. The van der Waals surface area contributed by atoms with E-state index in [0.717, 1.165) is 24.9 Å². The lowest BCUT2D eigenvalue weighted by molar-refractivity contribution is -0.385. The minimum Gasteiger partial charge on any atom is -0.490 e. The van der Waals surface area contributed by atoms with Crippen LogP contribution in [-0.4, -0.2) is 24.6 Å². The summed E-state index contributed by atoms with van der Waals surface area (Å²) in [5, 5.41) is 14.2.